The number of hydrogen-bond acceptors (Lipinski definition) is 5. The fourth-order valence-corrected chi connectivity index (χ4v) is 2.86. The highest BCUT2D eigenvalue weighted by Crippen LogP contribution is 2.31. The van der Waals surface area contributed by atoms with E-state index in [2.05, 4.69) is 4.90 Å². The van der Waals surface area contributed by atoms with Crippen LogP contribution in [0.1, 0.15) is 37.7 Å². The molecule has 1 saturated heterocycles. The van der Waals surface area contributed by atoms with Gasteiger partial charge in [0.2, 0.25) is 0 Å². The second-order valence-corrected chi connectivity index (χ2v) is 5.91. The average molecular weight is 321 g/mol. The minimum Gasteiger partial charge on any atom is -0.493 e. The molecule has 23 heavy (non-hydrogen) atoms. The second-order valence-electron chi connectivity index (χ2n) is 5.91. The molecule has 1 atom stereocenters. The van der Waals surface area contributed by atoms with Crippen LogP contribution in [0.25, 0.3) is 0 Å². The largest absolute Gasteiger partial charge is 0.493 e. The van der Waals surface area contributed by atoms with Gasteiger partial charge in [0, 0.05) is 6.54 Å². The van der Waals surface area contributed by atoms with Gasteiger partial charge in [-0.1, -0.05) is 12.5 Å². The molecule has 0 amide bonds. The van der Waals surface area contributed by atoms with Crippen LogP contribution in [0.5, 0.6) is 11.5 Å². The minimum atomic E-state index is -0.324. The Morgan fingerprint density at radius 2 is 1.91 bits per heavy atom. The molecule has 0 N–H and O–H groups in total. The Morgan fingerprint density at radius 3 is 2.57 bits per heavy atom. The standard InChI is InChI=1S/C18H27NO4/c1-14(18(20)22-3)15-7-8-16(21-2)17(13-15)23-12-11-19-9-5-4-6-10-19/h7-8,13-14H,4-6,9-12H2,1-3H3. The number of methoxy groups -OCH3 is 2. The molecule has 1 fully saturated rings. The molecule has 1 aromatic rings. The van der Waals surface area contributed by atoms with Gasteiger partial charge >= 0.3 is 5.97 Å². The summed E-state index contributed by atoms with van der Waals surface area (Å²) >= 11 is 0. The van der Waals surface area contributed by atoms with Gasteiger partial charge in [-0.25, -0.2) is 0 Å². The van der Waals surface area contributed by atoms with E-state index in [1.165, 1.54) is 26.4 Å². The Morgan fingerprint density at radius 1 is 1.17 bits per heavy atom. The summed E-state index contributed by atoms with van der Waals surface area (Å²) in [7, 11) is 3.02. The van der Waals surface area contributed by atoms with Crippen molar-refractivity contribution in [3.8, 4) is 11.5 Å². The highest BCUT2D eigenvalue weighted by atomic mass is 16.5. The summed E-state index contributed by atoms with van der Waals surface area (Å²) in [4.78, 5) is 14.1. The van der Waals surface area contributed by atoms with Crippen molar-refractivity contribution in [2.45, 2.75) is 32.1 Å². The van der Waals surface area contributed by atoms with Crippen molar-refractivity contribution >= 4 is 5.97 Å². The molecule has 5 heteroatoms. The van der Waals surface area contributed by atoms with E-state index < -0.39 is 0 Å². The lowest BCUT2D eigenvalue weighted by molar-refractivity contribution is -0.141. The van der Waals surface area contributed by atoms with E-state index in [1.807, 2.05) is 25.1 Å². The molecule has 128 valence electrons. The highest BCUT2D eigenvalue weighted by molar-refractivity contribution is 5.77. The minimum absolute atomic E-state index is 0.255. The van der Waals surface area contributed by atoms with Crippen molar-refractivity contribution in [3.05, 3.63) is 23.8 Å². The zero-order valence-electron chi connectivity index (χ0n) is 14.3. The summed E-state index contributed by atoms with van der Waals surface area (Å²) < 4.78 is 16.1. The molecular formula is C18H27NO4. The Balaban J connectivity index is 1.99. The number of hydrogen-bond donors (Lipinski definition) is 0. The molecule has 1 aromatic carbocycles. The topological polar surface area (TPSA) is 48.0 Å². The third-order valence-electron chi connectivity index (χ3n) is 4.36. The Bertz CT molecular complexity index is 512. The number of likely N-dealkylation sites (tertiary alicyclic amines) is 1. The Kier molecular flexibility index (Phi) is 6.71. The first kappa shape index (κ1) is 17.6. The number of benzene rings is 1. The quantitative estimate of drug-likeness (QED) is 0.723. The monoisotopic (exact) mass is 321 g/mol. The van der Waals surface area contributed by atoms with Crippen molar-refractivity contribution < 1.29 is 19.0 Å². The SMILES string of the molecule is COC(=O)C(C)c1ccc(OC)c(OCCN2CCCCC2)c1. The summed E-state index contributed by atoms with van der Waals surface area (Å²) in [5, 5.41) is 0. The maximum Gasteiger partial charge on any atom is 0.312 e. The molecule has 0 aliphatic carbocycles. The van der Waals surface area contributed by atoms with Crippen molar-refractivity contribution in [2.24, 2.45) is 0 Å². The van der Waals surface area contributed by atoms with Crippen LogP contribution >= 0.6 is 0 Å². The molecule has 2 rings (SSSR count). The highest BCUT2D eigenvalue weighted by Gasteiger charge is 2.18. The first-order valence-corrected chi connectivity index (χ1v) is 8.26. The lowest BCUT2D eigenvalue weighted by atomic mass is 10.0. The number of carbonyl (C=O) groups is 1. The third-order valence-corrected chi connectivity index (χ3v) is 4.36. The molecule has 1 heterocycles. The smallest absolute Gasteiger partial charge is 0.312 e. The number of rotatable bonds is 7. The zero-order chi connectivity index (χ0) is 16.7. The fourth-order valence-electron chi connectivity index (χ4n) is 2.86. The predicted octanol–water partition coefficient (Wildman–Crippen LogP) is 2.84. The Hall–Kier alpha value is -1.75. The van der Waals surface area contributed by atoms with Crippen LogP contribution in [0.2, 0.25) is 0 Å². The van der Waals surface area contributed by atoms with Gasteiger partial charge in [-0.3, -0.25) is 9.69 Å². The van der Waals surface area contributed by atoms with E-state index in [0.29, 0.717) is 18.1 Å². The molecule has 0 saturated carbocycles. The average Bonchev–Trinajstić information content (AvgIpc) is 2.61. The van der Waals surface area contributed by atoms with Gasteiger partial charge in [-0.2, -0.15) is 0 Å². The Labute approximate surface area is 138 Å². The van der Waals surface area contributed by atoms with E-state index in [9.17, 15) is 4.79 Å². The van der Waals surface area contributed by atoms with Gasteiger partial charge in [-0.15, -0.1) is 0 Å². The zero-order valence-corrected chi connectivity index (χ0v) is 14.3. The van der Waals surface area contributed by atoms with Crippen LogP contribution in [0, 0.1) is 0 Å². The third kappa shape index (κ3) is 4.86. The normalized spacial score (nSPS) is 16.7. The molecule has 0 radical (unpaired) electrons. The second kappa shape index (κ2) is 8.77. The van der Waals surface area contributed by atoms with E-state index in [4.69, 9.17) is 14.2 Å². The van der Waals surface area contributed by atoms with E-state index >= 15 is 0 Å². The van der Waals surface area contributed by atoms with Gasteiger partial charge in [-0.05, 0) is 50.6 Å². The van der Waals surface area contributed by atoms with E-state index in [0.717, 1.165) is 25.2 Å². The fraction of sp³-hybridized carbons (Fsp3) is 0.611. The van der Waals surface area contributed by atoms with Crippen LogP contribution in [-0.4, -0.2) is 51.3 Å². The van der Waals surface area contributed by atoms with Gasteiger partial charge in [0.05, 0.1) is 20.1 Å². The first-order valence-electron chi connectivity index (χ1n) is 8.26. The molecule has 0 spiro atoms. The van der Waals surface area contributed by atoms with Gasteiger partial charge in [0.15, 0.2) is 11.5 Å². The predicted molar refractivity (Wildman–Crippen MR) is 89.2 cm³/mol. The van der Waals surface area contributed by atoms with Crippen LogP contribution in [0.4, 0.5) is 0 Å². The lowest BCUT2D eigenvalue weighted by Crippen LogP contribution is -2.33. The number of nitrogens with zero attached hydrogens (tertiary/aromatic N) is 1. The van der Waals surface area contributed by atoms with Crippen molar-refractivity contribution in [1.82, 2.24) is 4.90 Å². The van der Waals surface area contributed by atoms with Crippen molar-refractivity contribution in [2.75, 3.05) is 40.5 Å². The summed E-state index contributed by atoms with van der Waals surface area (Å²) in [6, 6.07) is 5.58. The van der Waals surface area contributed by atoms with Crippen LogP contribution in [-0.2, 0) is 9.53 Å². The molecule has 0 aromatic heterocycles. The molecule has 1 aliphatic heterocycles. The van der Waals surface area contributed by atoms with Gasteiger partial charge < -0.3 is 14.2 Å². The molecule has 0 bridgehead atoms. The summed E-state index contributed by atoms with van der Waals surface area (Å²) in [6.45, 7) is 5.66. The van der Waals surface area contributed by atoms with E-state index in [1.54, 1.807) is 7.11 Å². The van der Waals surface area contributed by atoms with Crippen LogP contribution < -0.4 is 9.47 Å². The summed E-state index contributed by atoms with van der Waals surface area (Å²) in [5.41, 5.74) is 0.866. The number of esters is 1. The molecule has 1 aliphatic rings. The maximum absolute atomic E-state index is 11.7. The first-order chi connectivity index (χ1) is 11.2. The van der Waals surface area contributed by atoms with E-state index in [-0.39, 0.29) is 11.9 Å². The molecular weight excluding hydrogens is 294 g/mol. The number of piperidine rings is 1. The van der Waals surface area contributed by atoms with Crippen LogP contribution in [0.15, 0.2) is 18.2 Å². The number of ether oxygens (including phenoxy) is 3. The molecule has 5 nitrogen and oxygen atoms in total. The van der Waals surface area contributed by atoms with Crippen molar-refractivity contribution in [1.29, 1.82) is 0 Å². The molecule has 1 unspecified atom stereocenters. The van der Waals surface area contributed by atoms with Gasteiger partial charge in [0.1, 0.15) is 6.61 Å². The summed E-state index contributed by atoms with van der Waals surface area (Å²) in [5.74, 6) is 0.784. The lowest BCUT2D eigenvalue weighted by Gasteiger charge is -2.26. The van der Waals surface area contributed by atoms with Gasteiger partial charge in [0.25, 0.3) is 0 Å². The number of carbonyl (C=O) groups excluding carboxylic acids is 1. The van der Waals surface area contributed by atoms with Crippen LogP contribution in [0.3, 0.4) is 0 Å². The maximum atomic E-state index is 11.7. The van der Waals surface area contributed by atoms with Crippen molar-refractivity contribution in [3.63, 3.8) is 0 Å². The summed E-state index contributed by atoms with van der Waals surface area (Å²) in [6.07, 6.45) is 3.88.